The predicted octanol–water partition coefficient (Wildman–Crippen LogP) is 3.84. The topological polar surface area (TPSA) is 18.5 Å². The Labute approximate surface area is 115 Å². The van der Waals surface area contributed by atoms with Gasteiger partial charge in [-0.1, -0.05) is 42.5 Å². The summed E-state index contributed by atoms with van der Waals surface area (Å²) in [7, 11) is 1.74. The molecule has 0 saturated heterocycles. The number of ether oxygens (including phenoxy) is 2. The van der Waals surface area contributed by atoms with Gasteiger partial charge in [0.05, 0.1) is 0 Å². The largest absolute Gasteiger partial charge is 0.489 e. The van der Waals surface area contributed by atoms with E-state index in [0.717, 1.165) is 25.2 Å². The highest BCUT2D eigenvalue weighted by atomic mass is 16.5. The molecule has 0 unspecified atom stereocenters. The SMILES string of the molecule is COCCCc1cccc(OCc2ccccc2)c1. The summed E-state index contributed by atoms with van der Waals surface area (Å²) >= 11 is 0. The van der Waals surface area contributed by atoms with Gasteiger partial charge in [-0.2, -0.15) is 0 Å². The third-order valence-corrected chi connectivity index (χ3v) is 2.96. The fraction of sp³-hybridized carbons (Fsp3) is 0.294. The van der Waals surface area contributed by atoms with Crippen LogP contribution in [0.25, 0.3) is 0 Å². The Bertz CT molecular complexity index is 480. The van der Waals surface area contributed by atoms with Gasteiger partial charge in [0, 0.05) is 13.7 Å². The lowest BCUT2D eigenvalue weighted by molar-refractivity contribution is 0.195. The molecule has 0 heterocycles. The van der Waals surface area contributed by atoms with E-state index in [1.54, 1.807) is 7.11 Å². The Balaban J connectivity index is 1.88. The van der Waals surface area contributed by atoms with Gasteiger partial charge >= 0.3 is 0 Å². The average Bonchev–Trinajstić information content (AvgIpc) is 2.47. The number of hydrogen-bond acceptors (Lipinski definition) is 2. The van der Waals surface area contributed by atoms with Gasteiger partial charge < -0.3 is 9.47 Å². The van der Waals surface area contributed by atoms with Crippen molar-refractivity contribution >= 4 is 0 Å². The molecule has 0 amide bonds. The van der Waals surface area contributed by atoms with Crippen LogP contribution in [0.4, 0.5) is 0 Å². The maximum atomic E-state index is 5.81. The highest BCUT2D eigenvalue weighted by Gasteiger charge is 1.98. The van der Waals surface area contributed by atoms with Crippen LogP contribution >= 0.6 is 0 Å². The lowest BCUT2D eigenvalue weighted by Gasteiger charge is -2.08. The Morgan fingerprint density at radius 2 is 1.68 bits per heavy atom. The van der Waals surface area contributed by atoms with Gasteiger partial charge in [0.2, 0.25) is 0 Å². The van der Waals surface area contributed by atoms with Crippen LogP contribution in [0, 0.1) is 0 Å². The van der Waals surface area contributed by atoms with E-state index < -0.39 is 0 Å². The van der Waals surface area contributed by atoms with Crippen LogP contribution in [0.2, 0.25) is 0 Å². The van der Waals surface area contributed by atoms with Crippen LogP contribution in [0.5, 0.6) is 5.75 Å². The van der Waals surface area contributed by atoms with Gasteiger partial charge in [0.25, 0.3) is 0 Å². The lowest BCUT2D eigenvalue weighted by Crippen LogP contribution is -1.96. The molecule has 0 atom stereocenters. The molecule has 0 saturated carbocycles. The van der Waals surface area contributed by atoms with E-state index in [-0.39, 0.29) is 0 Å². The molecule has 2 aromatic carbocycles. The van der Waals surface area contributed by atoms with Crippen LogP contribution in [0.15, 0.2) is 54.6 Å². The summed E-state index contributed by atoms with van der Waals surface area (Å²) in [5, 5.41) is 0. The summed E-state index contributed by atoms with van der Waals surface area (Å²) in [6.45, 7) is 1.41. The maximum absolute atomic E-state index is 5.81. The quantitative estimate of drug-likeness (QED) is 0.701. The molecule has 0 fully saturated rings. The number of benzene rings is 2. The molecule has 0 bridgehead atoms. The zero-order valence-corrected chi connectivity index (χ0v) is 11.3. The first-order valence-corrected chi connectivity index (χ1v) is 6.63. The molecule has 19 heavy (non-hydrogen) atoms. The second-order valence-corrected chi connectivity index (χ2v) is 4.52. The van der Waals surface area contributed by atoms with Crippen molar-refractivity contribution in [1.29, 1.82) is 0 Å². The molecule has 0 spiro atoms. The Morgan fingerprint density at radius 1 is 0.895 bits per heavy atom. The third-order valence-electron chi connectivity index (χ3n) is 2.96. The third kappa shape index (κ3) is 4.76. The van der Waals surface area contributed by atoms with Crippen molar-refractivity contribution < 1.29 is 9.47 Å². The van der Waals surface area contributed by atoms with E-state index in [1.807, 2.05) is 30.3 Å². The van der Waals surface area contributed by atoms with Crippen molar-refractivity contribution in [2.45, 2.75) is 19.4 Å². The molecule has 2 heteroatoms. The summed E-state index contributed by atoms with van der Waals surface area (Å²) in [4.78, 5) is 0. The minimum Gasteiger partial charge on any atom is -0.489 e. The highest BCUT2D eigenvalue weighted by molar-refractivity contribution is 5.29. The number of hydrogen-bond donors (Lipinski definition) is 0. The van der Waals surface area contributed by atoms with Crippen molar-refractivity contribution in [2.24, 2.45) is 0 Å². The molecule has 0 N–H and O–H groups in total. The van der Waals surface area contributed by atoms with Gasteiger partial charge in [-0.15, -0.1) is 0 Å². The van der Waals surface area contributed by atoms with Crippen molar-refractivity contribution in [3.05, 3.63) is 65.7 Å². The summed E-state index contributed by atoms with van der Waals surface area (Å²) in [6, 6.07) is 18.5. The zero-order valence-electron chi connectivity index (χ0n) is 11.3. The first-order valence-electron chi connectivity index (χ1n) is 6.63. The minimum absolute atomic E-state index is 0.613. The van der Waals surface area contributed by atoms with E-state index in [0.29, 0.717) is 6.61 Å². The fourth-order valence-corrected chi connectivity index (χ4v) is 1.95. The maximum Gasteiger partial charge on any atom is 0.120 e. The predicted molar refractivity (Wildman–Crippen MR) is 77.4 cm³/mol. The number of rotatable bonds is 7. The van der Waals surface area contributed by atoms with Crippen molar-refractivity contribution in [3.8, 4) is 5.75 Å². The fourth-order valence-electron chi connectivity index (χ4n) is 1.95. The van der Waals surface area contributed by atoms with Crippen LogP contribution in [-0.2, 0) is 17.8 Å². The van der Waals surface area contributed by atoms with Gasteiger partial charge in [-0.25, -0.2) is 0 Å². The van der Waals surface area contributed by atoms with E-state index in [1.165, 1.54) is 11.1 Å². The van der Waals surface area contributed by atoms with Crippen molar-refractivity contribution in [3.63, 3.8) is 0 Å². The van der Waals surface area contributed by atoms with Crippen LogP contribution in [0.1, 0.15) is 17.5 Å². The van der Waals surface area contributed by atoms with E-state index >= 15 is 0 Å². The lowest BCUT2D eigenvalue weighted by atomic mass is 10.1. The second-order valence-electron chi connectivity index (χ2n) is 4.52. The number of aryl methyl sites for hydroxylation is 1. The average molecular weight is 256 g/mol. The smallest absolute Gasteiger partial charge is 0.120 e. The minimum atomic E-state index is 0.613. The first-order chi connectivity index (χ1) is 9.38. The van der Waals surface area contributed by atoms with Gasteiger partial charge in [-0.3, -0.25) is 0 Å². The summed E-state index contributed by atoms with van der Waals surface area (Å²) in [6.07, 6.45) is 2.06. The van der Waals surface area contributed by atoms with Gasteiger partial charge in [0.15, 0.2) is 0 Å². The molecule has 100 valence electrons. The van der Waals surface area contributed by atoms with Crippen LogP contribution < -0.4 is 4.74 Å². The van der Waals surface area contributed by atoms with E-state index in [4.69, 9.17) is 9.47 Å². The normalized spacial score (nSPS) is 10.4. The summed E-state index contributed by atoms with van der Waals surface area (Å²) < 4.78 is 10.9. The van der Waals surface area contributed by atoms with Gasteiger partial charge in [0.1, 0.15) is 12.4 Å². The Morgan fingerprint density at radius 3 is 2.47 bits per heavy atom. The molecule has 0 aliphatic rings. The van der Waals surface area contributed by atoms with E-state index in [9.17, 15) is 0 Å². The van der Waals surface area contributed by atoms with Crippen molar-refractivity contribution in [1.82, 2.24) is 0 Å². The Hall–Kier alpha value is -1.80. The standard InChI is InChI=1S/C17H20O2/c1-18-12-6-10-15-9-5-11-17(13-15)19-14-16-7-3-2-4-8-16/h2-5,7-9,11,13H,6,10,12,14H2,1H3. The summed E-state index contributed by atoms with van der Waals surface area (Å²) in [5.41, 5.74) is 2.48. The highest BCUT2D eigenvalue weighted by Crippen LogP contribution is 2.16. The molecule has 2 nitrogen and oxygen atoms in total. The van der Waals surface area contributed by atoms with Gasteiger partial charge in [-0.05, 0) is 36.1 Å². The molecule has 2 rings (SSSR count). The monoisotopic (exact) mass is 256 g/mol. The molecular formula is C17H20O2. The molecular weight excluding hydrogens is 236 g/mol. The molecule has 0 aliphatic heterocycles. The molecule has 0 radical (unpaired) electrons. The molecule has 0 aromatic heterocycles. The molecule has 0 aliphatic carbocycles. The Kier molecular flexibility index (Phi) is 5.45. The summed E-state index contributed by atoms with van der Waals surface area (Å²) in [5.74, 6) is 0.929. The van der Waals surface area contributed by atoms with Crippen LogP contribution in [-0.4, -0.2) is 13.7 Å². The van der Waals surface area contributed by atoms with Crippen LogP contribution in [0.3, 0.4) is 0 Å². The molecule has 2 aromatic rings. The van der Waals surface area contributed by atoms with Crippen molar-refractivity contribution in [2.75, 3.05) is 13.7 Å². The second kappa shape index (κ2) is 7.59. The zero-order chi connectivity index (χ0) is 13.3. The van der Waals surface area contributed by atoms with E-state index in [2.05, 4.69) is 24.3 Å². The number of methoxy groups -OCH3 is 1. The first kappa shape index (κ1) is 13.6.